The predicted molar refractivity (Wildman–Crippen MR) is 80.3 cm³/mol. The number of alkyl halides is 1. The number of Topliss-reactive ketones (excluding diaryl/α,β-unsaturated/α-hetero) is 1. The second-order valence-electron chi connectivity index (χ2n) is 2.75. The first kappa shape index (κ1) is 11.3. The molecule has 0 amide bonds. The normalized spacial score (nSPS) is 11.0. The van der Waals surface area contributed by atoms with Crippen LogP contribution in [0.3, 0.4) is 0 Å². The summed E-state index contributed by atoms with van der Waals surface area (Å²) >= 11 is 7.92. The molecule has 0 aliphatic heterocycles. The predicted octanol–water partition coefficient (Wildman–Crippen LogP) is 4.58. The van der Waals surface area contributed by atoms with Crippen molar-refractivity contribution in [3.63, 3.8) is 0 Å². The van der Waals surface area contributed by atoms with Gasteiger partial charge in [0.1, 0.15) is 0 Å². The Balaban J connectivity index is 2.36. The number of fused-ring (bicyclic) bond motifs is 1. The molecule has 0 spiro atoms. The van der Waals surface area contributed by atoms with E-state index in [1.165, 1.54) is 12.3 Å². The highest BCUT2D eigenvalue weighted by atomic mass is 127. The topological polar surface area (TPSA) is 17.1 Å². The molecule has 0 saturated carbocycles. The van der Waals surface area contributed by atoms with Crippen LogP contribution in [0.25, 0.3) is 9.40 Å². The van der Waals surface area contributed by atoms with Crippen LogP contribution in [0, 0.1) is 2.88 Å². The molecule has 2 heterocycles. The molecule has 1 nitrogen and oxygen atoms in total. The minimum absolute atomic E-state index is 0.280. The quantitative estimate of drug-likeness (QED) is 0.382. The number of hydrogen-bond acceptors (Lipinski definition) is 3. The Labute approximate surface area is 117 Å². The van der Waals surface area contributed by atoms with Crippen LogP contribution in [0.2, 0.25) is 0 Å². The Morgan fingerprint density at radius 2 is 2.00 bits per heavy atom. The summed E-state index contributed by atoms with van der Waals surface area (Å²) in [6, 6.07) is 4.17. The van der Waals surface area contributed by atoms with E-state index < -0.39 is 0 Å². The van der Waals surface area contributed by atoms with E-state index in [1.807, 2.05) is 6.07 Å². The monoisotopic (exact) mass is 448 g/mol. The van der Waals surface area contributed by atoms with Crippen LogP contribution in [-0.4, -0.2) is 10.2 Å². The molecule has 74 valence electrons. The Hall–Kier alpha value is 0.790. The molecule has 0 fully saturated rings. The van der Waals surface area contributed by atoms with E-state index in [1.54, 1.807) is 22.7 Å². The van der Waals surface area contributed by atoms with E-state index >= 15 is 0 Å². The molecule has 2 rings (SSSR count). The lowest BCUT2D eigenvalue weighted by atomic mass is 10.3. The van der Waals surface area contributed by atoms with E-state index in [4.69, 9.17) is 0 Å². The van der Waals surface area contributed by atoms with Crippen molar-refractivity contribution in [1.82, 2.24) is 0 Å². The average Bonchev–Trinajstić information content (AvgIpc) is 2.61. The van der Waals surface area contributed by atoms with Crippen molar-refractivity contribution < 1.29 is 4.79 Å². The van der Waals surface area contributed by atoms with Gasteiger partial charge in [0, 0.05) is 20.2 Å². The fourth-order valence-electron chi connectivity index (χ4n) is 1.15. The van der Waals surface area contributed by atoms with Gasteiger partial charge in [-0.3, -0.25) is 4.79 Å². The van der Waals surface area contributed by atoms with Crippen LogP contribution < -0.4 is 0 Å². The molecule has 0 radical (unpaired) electrons. The first-order valence-corrected chi connectivity index (χ1v) is 8.22. The van der Waals surface area contributed by atoms with E-state index in [-0.39, 0.29) is 5.78 Å². The van der Waals surface area contributed by atoms with Gasteiger partial charge in [-0.15, -0.1) is 22.7 Å². The molecule has 14 heavy (non-hydrogen) atoms. The summed E-state index contributed by atoms with van der Waals surface area (Å²) in [7, 11) is 0. The standard InChI is InChI=1S/C9H6I2OS2/c10-2-1-5(12)6-3-7-8(13-6)4-9(11)14-7/h3-4H,1-2H2. The molecule has 0 aliphatic carbocycles. The number of hydrogen-bond donors (Lipinski definition) is 0. The number of rotatable bonds is 3. The van der Waals surface area contributed by atoms with Crippen molar-refractivity contribution >= 4 is 83.0 Å². The van der Waals surface area contributed by atoms with Crippen LogP contribution in [-0.2, 0) is 0 Å². The van der Waals surface area contributed by atoms with Gasteiger partial charge in [-0.25, -0.2) is 0 Å². The first-order chi connectivity index (χ1) is 6.70. The summed E-state index contributed by atoms with van der Waals surface area (Å²) in [4.78, 5) is 12.5. The SMILES string of the molecule is O=C(CCI)c1cc2sc(I)cc2s1. The number of thiophene rings is 2. The molecule has 0 atom stereocenters. The molecule has 0 bridgehead atoms. The summed E-state index contributed by atoms with van der Waals surface area (Å²) in [6.07, 6.45) is 0.658. The van der Waals surface area contributed by atoms with Gasteiger partial charge in [0.25, 0.3) is 0 Å². The van der Waals surface area contributed by atoms with Gasteiger partial charge in [-0.1, -0.05) is 22.6 Å². The summed E-state index contributed by atoms with van der Waals surface area (Å²) in [5.41, 5.74) is 0. The summed E-state index contributed by atoms with van der Waals surface area (Å²) in [6.45, 7) is 0. The number of ketones is 1. The Bertz CT molecular complexity index is 441. The largest absolute Gasteiger partial charge is 0.293 e. The molecule has 2 aromatic rings. The van der Waals surface area contributed by atoms with Crippen LogP contribution in [0.1, 0.15) is 16.1 Å². The summed E-state index contributed by atoms with van der Waals surface area (Å²) in [5.74, 6) is 0.280. The number of carbonyl (C=O) groups is 1. The fraction of sp³-hybridized carbons (Fsp3) is 0.222. The van der Waals surface area contributed by atoms with Crippen molar-refractivity contribution in [2.24, 2.45) is 0 Å². The van der Waals surface area contributed by atoms with E-state index in [2.05, 4.69) is 51.2 Å². The summed E-state index contributed by atoms with van der Waals surface area (Å²) in [5, 5.41) is 0. The highest BCUT2D eigenvalue weighted by molar-refractivity contribution is 14.1. The molecule has 2 aromatic heterocycles. The number of halogens is 2. The van der Waals surface area contributed by atoms with Crippen LogP contribution in [0.15, 0.2) is 12.1 Å². The van der Waals surface area contributed by atoms with Crippen molar-refractivity contribution in [1.29, 1.82) is 0 Å². The Morgan fingerprint density at radius 3 is 2.64 bits per heavy atom. The molecular weight excluding hydrogens is 442 g/mol. The van der Waals surface area contributed by atoms with E-state index in [0.717, 1.165) is 9.30 Å². The molecular formula is C9H6I2OS2. The first-order valence-electron chi connectivity index (χ1n) is 3.99. The Morgan fingerprint density at radius 1 is 1.29 bits per heavy atom. The second kappa shape index (κ2) is 4.75. The number of carbonyl (C=O) groups excluding carboxylic acids is 1. The third kappa shape index (κ3) is 2.30. The van der Waals surface area contributed by atoms with E-state index in [0.29, 0.717) is 6.42 Å². The minimum Gasteiger partial charge on any atom is -0.293 e. The van der Waals surface area contributed by atoms with Crippen LogP contribution in [0.4, 0.5) is 0 Å². The zero-order valence-corrected chi connectivity index (χ0v) is 13.0. The molecule has 0 N–H and O–H groups in total. The fourth-order valence-corrected chi connectivity index (χ4v) is 4.97. The van der Waals surface area contributed by atoms with Crippen LogP contribution >= 0.6 is 67.9 Å². The van der Waals surface area contributed by atoms with Crippen molar-refractivity contribution in [3.05, 3.63) is 19.9 Å². The van der Waals surface area contributed by atoms with Crippen LogP contribution in [0.5, 0.6) is 0 Å². The second-order valence-corrected chi connectivity index (χ2v) is 7.89. The molecule has 5 heteroatoms. The summed E-state index contributed by atoms with van der Waals surface area (Å²) < 4.78 is 4.68. The highest BCUT2D eigenvalue weighted by Crippen LogP contribution is 2.34. The van der Waals surface area contributed by atoms with Gasteiger partial charge in [-0.05, 0) is 34.7 Å². The molecule has 0 aliphatic rings. The van der Waals surface area contributed by atoms with Crippen molar-refractivity contribution in [3.8, 4) is 0 Å². The third-order valence-electron chi connectivity index (χ3n) is 1.77. The maximum absolute atomic E-state index is 11.6. The lowest BCUT2D eigenvalue weighted by Gasteiger charge is -1.90. The smallest absolute Gasteiger partial charge is 0.173 e. The van der Waals surface area contributed by atoms with Crippen molar-refractivity contribution in [2.75, 3.05) is 4.43 Å². The zero-order valence-electron chi connectivity index (χ0n) is 7.05. The van der Waals surface area contributed by atoms with Gasteiger partial charge < -0.3 is 0 Å². The van der Waals surface area contributed by atoms with E-state index in [9.17, 15) is 4.79 Å². The van der Waals surface area contributed by atoms with Gasteiger partial charge in [0.2, 0.25) is 0 Å². The molecule has 0 aromatic carbocycles. The highest BCUT2D eigenvalue weighted by Gasteiger charge is 2.11. The average molecular weight is 448 g/mol. The molecule has 0 unspecified atom stereocenters. The Kier molecular flexibility index (Phi) is 3.83. The third-order valence-corrected chi connectivity index (χ3v) is 5.41. The van der Waals surface area contributed by atoms with Crippen molar-refractivity contribution in [2.45, 2.75) is 6.42 Å². The lowest BCUT2D eigenvalue weighted by molar-refractivity contribution is 0.0994. The maximum Gasteiger partial charge on any atom is 0.173 e. The molecule has 0 saturated heterocycles. The van der Waals surface area contributed by atoms with Gasteiger partial charge in [-0.2, -0.15) is 0 Å². The van der Waals surface area contributed by atoms with Gasteiger partial charge in [0.05, 0.1) is 7.76 Å². The minimum atomic E-state index is 0.280. The maximum atomic E-state index is 11.6. The van der Waals surface area contributed by atoms with Gasteiger partial charge in [0.15, 0.2) is 5.78 Å². The van der Waals surface area contributed by atoms with Gasteiger partial charge >= 0.3 is 0 Å². The zero-order chi connectivity index (χ0) is 10.1. The lowest BCUT2D eigenvalue weighted by Crippen LogP contribution is -1.95.